The first-order chi connectivity index (χ1) is 14.9. The molecule has 1 aromatic carbocycles. The van der Waals surface area contributed by atoms with Crippen LogP contribution in [-0.4, -0.2) is 41.0 Å². The second-order valence-corrected chi connectivity index (χ2v) is 8.99. The number of carbonyl (C=O) groups excluding carboxylic acids is 2. The smallest absolute Gasteiger partial charge is 0.436 e. The fourth-order valence-corrected chi connectivity index (χ4v) is 3.69. The van der Waals surface area contributed by atoms with Crippen molar-refractivity contribution < 1.29 is 38.2 Å². The maximum absolute atomic E-state index is 12.1. The Hall–Kier alpha value is -1.73. The Morgan fingerprint density at radius 1 is 0.968 bits per heavy atom. The lowest BCUT2D eigenvalue weighted by Gasteiger charge is -2.18. The molecule has 0 saturated carbocycles. The number of aliphatic hydroxyl groups excluding tert-OH is 1. The Labute approximate surface area is 184 Å². The molecule has 0 aromatic heterocycles. The van der Waals surface area contributed by atoms with Gasteiger partial charge >= 0.3 is 19.3 Å². The molecule has 0 aliphatic rings. The Balaban J connectivity index is 2.24. The number of carbonyl (C=O) groups is 2. The first-order valence-corrected chi connectivity index (χ1v) is 12.5. The van der Waals surface area contributed by atoms with E-state index in [1.54, 1.807) is 18.2 Å². The van der Waals surface area contributed by atoms with Crippen molar-refractivity contribution in [2.75, 3.05) is 13.2 Å². The quantitative estimate of drug-likeness (QED) is 0.185. The highest BCUT2D eigenvalue weighted by atomic mass is 31.2. The van der Waals surface area contributed by atoms with Crippen LogP contribution in [0.15, 0.2) is 30.3 Å². The summed E-state index contributed by atoms with van der Waals surface area (Å²) >= 11 is 0. The highest BCUT2D eigenvalue weighted by Crippen LogP contribution is 2.45. The van der Waals surface area contributed by atoms with Crippen LogP contribution in [0.5, 0.6) is 5.75 Å². The van der Waals surface area contributed by atoms with Crippen LogP contribution in [-0.2, 0) is 18.6 Å². The minimum Gasteiger partial charge on any atom is -0.463 e. The fraction of sp³-hybridized carbons (Fsp3) is 0.636. The molecule has 0 saturated heterocycles. The van der Waals surface area contributed by atoms with E-state index in [9.17, 15) is 24.2 Å². The maximum Gasteiger partial charge on any atom is 0.436 e. The SMILES string of the molecule is CCCCCCCCCCCC(=O)OCC(CO)OP(=O)(O)C(=O)Oc1ccccc1. The molecule has 0 bridgehead atoms. The lowest BCUT2D eigenvalue weighted by molar-refractivity contribution is -0.146. The molecule has 0 fully saturated rings. The van der Waals surface area contributed by atoms with Crippen molar-refractivity contribution in [3.63, 3.8) is 0 Å². The van der Waals surface area contributed by atoms with Crippen LogP contribution in [0.25, 0.3) is 0 Å². The molecule has 176 valence electrons. The third-order valence-electron chi connectivity index (χ3n) is 4.59. The molecule has 1 rings (SSSR count). The minimum absolute atomic E-state index is 0.0818. The highest BCUT2D eigenvalue weighted by Gasteiger charge is 2.36. The van der Waals surface area contributed by atoms with Gasteiger partial charge in [-0.1, -0.05) is 76.5 Å². The number of esters is 1. The summed E-state index contributed by atoms with van der Waals surface area (Å²) in [4.78, 5) is 33.5. The zero-order valence-electron chi connectivity index (χ0n) is 18.2. The van der Waals surface area contributed by atoms with Crippen molar-refractivity contribution in [3.05, 3.63) is 30.3 Å². The van der Waals surface area contributed by atoms with Crippen molar-refractivity contribution in [2.45, 2.75) is 77.2 Å². The molecule has 1 aromatic rings. The van der Waals surface area contributed by atoms with E-state index in [-0.39, 0.29) is 12.2 Å². The summed E-state index contributed by atoms with van der Waals surface area (Å²) in [7, 11) is -4.84. The van der Waals surface area contributed by atoms with Crippen molar-refractivity contribution in [1.29, 1.82) is 0 Å². The molecule has 0 radical (unpaired) electrons. The molecule has 9 heteroatoms. The van der Waals surface area contributed by atoms with Gasteiger partial charge in [-0.25, -0.2) is 9.36 Å². The van der Waals surface area contributed by atoms with Gasteiger partial charge < -0.3 is 19.5 Å². The molecule has 2 N–H and O–H groups in total. The summed E-state index contributed by atoms with van der Waals surface area (Å²) in [6.07, 6.45) is 9.03. The van der Waals surface area contributed by atoms with E-state index in [2.05, 4.69) is 6.92 Å². The van der Waals surface area contributed by atoms with Crippen LogP contribution in [0, 0.1) is 0 Å². The number of benzene rings is 1. The summed E-state index contributed by atoms with van der Waals surface area (Å²) < 4.78 is 26.7. The third kappa shape index (κ3) is 12.7. The molecular weight excluding hydrogens is 423 g/mol. The topological polar surface area (TPSA) is 119 Å². The van der Waals surface area contributed by atoms with Crippen molar-refractivity contribution in [1.82, 2.24) is 0 Å². The molecular formula is C22H35O8P. The van der Waals surface area contributed by atoms with Gasteiger partial charge in [-0.2, -0.15) is 0 Å². The summed E-state index contributed by atoms with van der Waals surface area (Å²) in [5.41, 5.74) is -1.47. The standard InChI is InChI=1S/C22H35O8P/c1-2-3-4-5-6-7-8-9-13-16-21(24)28-18-20(17-23)30-31(26,27)22(25)29-19-14-11-10-12-15-19/h10-12,14-15,20,23H,2-9,13,16-18H2,1H3,(H,26,27). The summed E-state index contributed by atoms with van der Waals surface area (Å²) in [6.45, 7) is 1.06. The maximum atomic E-state index is 12.1. The molecule has 0 spiro atoms. The van der Waals surface area contributed by atoms with E-state index in [1.807, 2.05) is 0 Å². The third-order valence-corrected chi connectivity index (χ3v) is 5.73. The zero-order chi connectivity index (χ0) is 23.0. The van der Waals surface area contributed by atoms with Gasteiger partial charge in [-0.3, -0.25) is 9.32 Å². The Morgan fingerprint density at radius 3 is 2.13 bits per heavy atom. The summed E-state index contributed by atoms with van der Waals surface area (Å²) in [5, 5.41) is 9.32. The lowest BCUT2D eigenvalue weighted by Crippen LogP contribution is -2.26. The van der Waals surface area contributed by atoms with E-state index in [0.29, 0.717) is 6.42 Å². The van der Waals surface area contributed by atoms with E-state index in [1.165, 1.54) is 44.2 Å². The van der Waals surface area contributed by atoms with E-state index in [4.69, 9.17) is 14.0 Å². The summed E-state index contributed by atoms with van der Waals surface area (Å²) in [5.74, 6) is -0.400. The average molecular weight is 458 g/mol. The monoisotopic (exact) mass is 458 g/mol. The van der Waals surface area contributed by atoms with Crippen LogP contribution < -0.4 is 4.74 Å². The number of unbranched alkanes of at least 4 members (excludes halogenated alkanes) is 8. The van der Waals surface area contributed by atoms with E-state index >= 15 is 0 Å². The number of ether oxygens (including phenoxy) is 2. The Kier molecular flexibility index (Phi) is 14.1. The zero-order valence-corrected chi connectivity index (χ0v) is 19.1. The predicted octanol–water partition coefficient (Wildman–Crippen LogP) is 5.21. The molecule has 2 unspecified atom stereocenters. The van der Waals surface area contributed by atoms with Gasteiger partial charge in [0.15, 0.2) is 0 Å². The van der Waals surface area contributed by atoms with Gasteiger partial charge in [-0.05, 0) is 18.6 Å². The van der Waals surface area contributed by atoms with Crippen molar-refractivity contribution >= 4 is 19.3 Å². The Bertz CT molecular complexity index is 679. The van der Waals surface area contributed by atoms with Crippen molar-refractivity contribution in [3.8, 4) is 5.75 Å². The van der Waals surface area contributed by atoms with Crippen LogP contribution in [0.3, 0.4) is 0 Å². The normalized spacial score (nSPS) is 13.9. The molecule has 0 aliphatic heterocycles. The van der Waals surface area contributed by atoms with Gasteiger partial charge in [0.25, 0.3) is 0 Å². The highest BCUT2D eigenvalue weighted by molar-refractivity contribution is 7.70. The number of hydrogen-bond acceptors (Lipinski definition) is 7. The first kappa shape index (κ1) is 27.3. The lowest BCUT2D eigenvalue weighted by atomic mass is 10.1. The second kappa shape index (κ2) is 16.0. The van der Waals surface area contributed by atoms with E-state index < -0.39 is 38.6 Å². The fourth-order valence-electron chi connectivity index (χ4n) is 2.85. The predicted molar refractivity (Wildman–Crippen MR) is 117 cm³/mol. The Morgan fingerprint density at radius 2 is 1.55 bits per heavy atom. The molecule has 0 aliphatic carbocycles. The number of hydrogen-bond donors (Lipinski definition) is 2. The molecule has 2 atom stereocenters. The van der Waals surface area contributed by atoms with Crippen molar-refractivity contribution in [2.24, 2.45) is 0 Å². The van der Waals surface area contributed by atoms with E-state index in [0.717, 1.165) is 19.3 Å². The first-order valence-electron chi connectivity index (χ1n) is 10.9. The van der Waals surface area contributed by atoms with Gasteiger partial charge in [0.05, 0.1) is 6.61 Å². The average Bonchev–Trinajstić information content (AvgIpc) is 2.76. The number of rotatable bonds is 17. The van der Waals surface area contributed by atoms with Gasteiger partial charge in [0.1, 0.15) is 18.5 Å². The van der Waals surface area contributed by atoms with Crippen LogP contribution in [0.2, 0.25) is 0 Å². The molecule has 8 nitrogen and oxygen atoms in total. The molecule has 0 heterocycles. The molecule has 31 heavy (non-hydrogen) atoms. The van der Waals surface area contributed by atoms with Crippen LogP contribution in [0.4, 0.5) is 4.79 Å². The summed E-state index contributed by atoms with van der Waals surface area (Å²) in [6, 6.07) is 7.76. The second-order valence-electron chi connectivity index (χ2n) is 7.37. The number of para-hydroxylation sites is 1. The van der Waals surface area contributed by atoms with Gasteiger partial charge in [0.2, 0.25) is 0 Å². The van der Waals surface area contributed by atoms with Crippen LogP contribution >= 0.6 is 7.60 Å². The molecule has 0 amide bonds. The minimum atomic E-state index is -4.84. The van der Waals surface area contributed by atoms with Crippen LogP contribution in [0.1, 0.15) is 71.1 Å². The van der Waals surface area contributed by atoms with Gasteiger partial charge in [0, 0.05) is 6.42 Å². The number of aliphatic hydroxyl groups is 1. The largest absolute Gasteiger partial charge is 0.463 e. The van der Waals surface area contributed by atoms with Gasteiger partial charge in [-0.15, -0.1) is 0 Å².